The van der Waals surface area contributed by atoms with Crippen molar-refractivity contribution in [3.8, 4) is 0 Å². The molecule has 2 aromatic rings. The summed E-state index contributed by atoms with van der Waals surface area (Å²) in [5.41, 5.74) is 1.18. The van der Waals surface area contributed by atoms with Gasteiger partial charge in [0.2, 0.25) is 0 Å². The number of non-ortho nitro benzene ring substituents is 1. The van der Waals surface area contributed by atoms with Gasteiger partial charge in [0.05, 0.1) is 4.92 Å². The van der Waals surface area contributed by atoms with Crippen molar-refractivity contribution >= 4 is 11.6 Å². The third-order valence-electron chi connectivity index (χ3n) is 4.11. The lowest BCUT2D eigenvalue weighted by Crippen LogP contribution is -2.36. The Morgan fingerprint density at radius 3 is 2.33 bits per heavy atom. The third kappa shape index (κ3) is 5.30. The van der Waals surface area contributed by atoms with Gasteiger partial charge in [0.15, 0.2) is 11.6 Å². The van der Waals surface area contributed by atoms with Crippen LogP contribution in [0.5, 0.6) is 0 Å². The van der Waals surface area contributed by atoms with Gasteiger partial charge in [-0.05, 0) is 50.3 Å². The van der Waals surface area contributed by atoms with Crippen molar-refractivity contribution in [3.63, 3.8) is 0 Å². The molecule has 2 rings (SSSR count). The number of amides is 1. The lowest BCUT2D eigenvalue weighted by Gasteiger charge is -2.25. The highest BCUT2D eigenvalue weighted by Crippen LogP contribution is 2.20. The van der Waals surface area contributed by atoms with Crippen LogP contribution in [0.2, 0.25) is 0 Å². The first-order chi connectivity index (χ1) is 12.7. The number of likely N-dealkylation sites (N-methyl/N-ethyl adjacent to an activating group) is 1. The van der Waals surface area contributed by atoms with E-state index in [0.29, 0.717) is 29.8 Å². The third-order valence-corrected chi connectivity index (χ3v) is 4.11. The summed E-state index contributed by atoms with van der Waals surface area (Å²) in [6, 6.07) is 7.56. The molecule has 27 heavy (non-hydrogen) atoms. The first kappa shape index (κ1) is 20.4. The molecule has 0 aromatic heterocycles. The van der Waals surface area contributed by atoms with Gasteiger partial charge in [0.1, 0.15) is 0 Å². The lowest BCUT2D eigenvalue weighted by molar-refractivity contribution is -0.384. The normalized spacial score (nSPS) is 10.9. The van der Waals surface area contributed by atoms with E-state index in [0.717, 1.165) is 12.1 Å². The van der Waals surface area contributed by atoms with Gasteiger partial charge in [-0.1, -0.05) is 6.07 Å². The SMILES string of the molecule is Cc1cc([N+](=O)[O-])ccc1C(=O)N(CCN(C)C)Cc1ccc(F)c(F)c1. The van der Waals surface area contributed by atoms with Crippen LogP contribution in [0.4, 0.5) is 14.5 Å². The number of rotatable bonds is 7. The number of nitrogens with zero attached hydrogens (tertiary/aromatic N) is 3. The zero-order chi connectivity index (χ0) is 20.1. The topological polar surface area (TPSA) is 66.7 Å². The number of halogens is 2. The zero-order valence-corrected chi connectivity index (χ0v) is 15.4. The maximum atomic E-state index is 13.5. The fourth-order valence-corrected chi connectivity index (χ4v) is 2.60. The smallest absolute Gasteiger partial charge is 0.269 e. The molecule has 0 heterocycles. The molecule has 144 valence electrons. The summed E-state index contributed by atoms with van der Waals surface area (Å²) in [7, 11) is 3.72. The number of benzene rings is 2. The Labute approximate surface area is 156 Å². The molecular formula is C19H21F2N3O3. The Bertz CT molecular complexity index is 856. The van der Waals surface area contributed by atoms with E-state index < -0.39 is 16.6 Å². The van der Waals surface area contributed by atoms with Crippen LogP contribution in [0.25, 0.3) is 0 Å². The maximum Gasteiger partial charge on any atom is 0.269 e. The van der Waals surface area contributed by atoms with Crippen LogP contribution < -0.4 is 0 Å². The predicted molar refractivity (Wildman–Crippen MR) is 97.5 cm³/mol. The van der Waals surface area contributed by atoms with Gasteiger partial charge in [-0.25, -0.2) is 8.78 Å². The van der Waals surface area contributed by atoms with Crippen molar-refractivity contribution in [3.05, 3.63) is 74.8 Å². The van der Waals surface area contributed by atoms with Crippen molar-refractivity contribution in [2.24, 2.45) is 0 Å². The minimum Gasteiger partial charge on any atom is -0.333 e. The molecule has 1 amide bonds. The van der Waals surface area contributed by atoms with E-state index in [1.165, 1.54) is 29.2 Å². The van der Waals surface area contributed by atoms with Gasteiger partial charge in [-0.2, -0.15) is 0 Å². The summed E-state index contributed by atoms with van der Waals surface area (Å²) >= 11 is 0. The van der Waals surface area contributed by atoms with Crippen molar-refractivity contribution in [1.29, 1.82) is 0 Å². The number of carbonyl (C=O) groups excluding carboxylic acids is 1. The van der Waals surface area contributed by atoms with E-state index in [4.69, 9.17) is 0 Å². The second-order valence-corrected chi connectivity index (χ2v) is 6.53. The molecule has 0 unspecified atom stereocenters. The van der Waals surface area contributed by atoms with E-state index in [-0.39, 0.29) is 18.1 Å². The molecule has 0 aliphatic rings. The molecule has 0 saturated heterocycles. The van der Waals surface area contributed by atoms with E-state index in [1.807, 2.05) is 19.0 Å². The number of hydrogen-bond acceptors (Lipinski definition) is 4. The number of nitro groups is 1. The number of hydrogen-bond donors (Lipinski definition) is 0. The quantitative estimate of drug-likeness (QED) is 0.548. The molecule has 0 radical (unpaired) electrons. The van der Waals surface area contributed by atoms with Crippen LogP contribution in [0.1, 0.15) is 21.5 Å². The fraction of sp³-hybridized carbons (Fsp3) is 0.316. The van der Waals surface area contributed by atoms with E-state index in [1.54, 1.807) is 6.92 Å². The van der Waals surface area contributed by atoms with Gasteiger partial charge >= 0.3 is 0 Å². The van der Waals surface area contributed by atoms with Crippen LogP contribution in [0.15, 0.2) is 36.4 Å². The number of carbonyl (C=O) groups is 1. The van der Waals surface area contributed by atoms with Gasteiger partial charge in [0.25, 0.3) is 11.6 Å². The van der Waals surface area contributed by atoms with E-state index in [2.05, 4.69) is 0 Å². The summed E-state index contributed by atoms with van der Waals surface area (Å²) in [5.74, 6) is -2.25. The Hall–Kier alpha value is -2.87. The van der Waals surface area contributed by atoms with Gasteiger partial charge < -0.3 is 9.80 Å². The molecule has 0 saturated carbocycles. The van der Waals surface area contributed by atoms with E-state index in [9.17, 15) is 23.7 Å². The monoisotopic (exact) mass is 377 g/mol. The van der Waals surface area contributed by atoms with Crippen molar-refractivity contribution in [2.45, 2.75) is 13.5 Å². The number of aryl methyl sites for hydroxylation is 1. The zero-order valence-electron chi connectivity index (χ0n) is 15.4. The van der Waals surface area contributed by atoms with E-state index >= 15 is 0 Å². The van der Waals surface area contributed by atoms with Crippen molar-refractivity contribution < 1.29 is 18.5 Å². The summed E-state index contributed by atoms with van der Waals surface area (Å²) in [6.07, 6.45) is 0. The predicted octanol–water partition coefficient (Wildman–Crippen LogP) is 3.39. The molecule has 0 aliphatic carbocycles. The first-order valence-electron chi connectivity index (χ1n) is 8.32. The van der Waals surface area contributed by atoms with Gasteiger partial charge in [-0.3, -0.25) is 14.9 Å². The first-order valence-corrected chi connectivity index (χ1v) is 8.32. The highest BCUT2D eigenvalue weighted by atomic mass is 19.2. The average Bonchev–Trinajstić information content (AvgIpc) is 2.60. The Kier molecular flexibility index (Phi) is 6.57. The summed E-state index contributed by atoms with van der Waals surface area (Å²) in [4.78, 5) is 26.8. The maximum absolute atomic E-state index is 13.5. The molecule has 2 aromatic carbocycles. The highest BCUT2D eigenvalue weighted by molar-refractivity contribution is 5.96. The summed E-state index contributed by atoms with van der Waals surface area (Å²) in [5, 5.41) is 10.9. The highest BCUT2D eigenvalue weighted by Gasteiger charge is 2.20. The minimum absolute atomic E-state index is 0.0931. The second kappa shape index (κ2) is 8.68. The largest absolute Gasteiger partial charge is 0.333 e. The molecule has 0 spiro atoms. The van der Waals surface area contributed by atoms with Gasteiger partial charge in [0, 0.05) is 37.3 Å². The molecule has 0 aliphatic heterocycles. The standard InChI is InChI=1S/C19H21F2N3O3/c1-13-10-15(24(26)27)5-6-16(13)19(25)23(9-8-22(2)3)12-14-4-7-17(20)18(21)11-14/h4-7,10-11H,8-9,12H2,1-3H3. The Morgan fingerprint density at radius 1 is 1.07 bits per heavy atom. The summed E-state index contributed by atoms with van der Waals surface area (Å²) < 4.78 is 26.7. The summed E-state index contributed by atoms with van der Waals surface area (Å²) in [6.45, 7) is 2.66. The lowest BCUT2D eigenvalue weighted by atomic mass is 10.1. The molecular weight excluding hydrogens is 356 g/mol. The van der Waals surface area contributed by atoms with Crippen LogP contribution in [-0.2, 0) is 6.54 Å². The Morgan fingerprint density at radius 2 is 1.78 bits per heavy atom. The van der Waals surface area contributed by atoms with Crippen LogP contribution in [0.3, 0.4) is 0 Å². The second-order valence-electron chi connectivity index (χ2n) is 6.53. The van der Waals surface area contributed by atoms with Crippen LogP contribution >= 0.6 is 0 Å². The molecule has 0 N–H and O–H groups in total. The Balaban J connectivity index is 2.30. The molecule has 0 atom stereocenters. The minimum atomic E-state index is -0.973. The average molecular weight is 377 g/mol. The van der Waals surface area contributed by atoms with Crippen molar-refractivity contribution in [2.75, 3.05) is 27.2 Å². The number of nitro benzene ring substituents is 1. The van der Waals surface area contributed by atoms with Crippen LogP contribution in [-0.4, -0.2) is 47.8 Å². The van der Waals surface area contributed by atoms with Gasteiger partial charge in [-0.15, -0.1) is 0 Å². The molecule has 0 fully saturated rings. The van der Waals surface area contributed by atoms with Crippen LogP contribution in [0, 0.1) is 28.7 Å². The van der Waals surface area contributed by atoms with Crippen molar-refractivity contribution in [1.82, 2.24) is 9.80 Å². The molecule has 6 nitrogen and oxygen atoms in total. The molecule has 0 bridgehead atoms. The molecule has 8 heteroatoms. The fourth-order valence-electron chi connectivity index (χ4n) is 2.60.